The summed E-state index contributed by atoms with van der Waals surface area (Å²) in [6.07, 6.45) is 4.84. The number of H-pyrrole nitrogens is 1. The number of aromatic nitrogens is 2. The molecule has 3 heterocycles. The van der Waals surface area contributed by atoms with Gasteiger partial charge in [0, 0.05) is 24.6 Å². The van der Waals surface area contributed by atoms with Crippen LogP contribution in [0.4, 0.5) is 0 Å². The lowest BCUT2D eigenvalue weighted by molar-refractivity contribution is -0.140. The van der Waals surface area contributed by atoms with Crippen molar-refractivity contribution >= 4 is 5.91 Å². The minimum absolute atomic E-state index is 0.101. The number of likely N-dealkylation sites (tertiary alicyclic amines) is 1. The van der Waals surface area contributed by atoms with E-state index in [0.717, 1.165) is 57.4 Å². The van der Waals surface area contributed by atoms with Crippen LogP contribution in [0.5, 0.6) is 0 Å². The zero-order valence-corrected chi connectivity index (χ0v) is 14.9. The van der Waals surface area contributed by atoms with Crippen LogP contribution < -0.4 is 10.9 Å². The molecule has 0 bridgehead atoms. The van der Waals surface area contributed by atoms with E-state index in [1.165, 1.54) is 0 Å². The van der Waals surface area contributed by atoms with Crippen molar-refractivity contribution < 1.29 is 4.79 Å². The average molecular weight is 332 g/mol. The van der Waals surface area contributed by atoms with Gasteiger partial charge in [-0.05, 0) is 52.5 Å². The predicted octanol–water partition coefficient (Wildman–Crippen LogP) is 1.49. The van der Waals surface area contributed by atoms with E-state index in [1.807, 2.05) is 18.7 Å². The molecule has 2 N–H and O–H groups in total. The first-order chi connectivity index (χ1) is 11.3. The number of piperidine rings is 2. The lowest BCUT2D eigenvalue weighted by Crippen LogP contribution is -2.59. The van der Waals surface area contributed by atoms with Gasteiger partial charge in [-0.2, -0.15) is 0 Å². The number of aryl methyl sites for hydroxylation is 1. The van der Waals surface area contributed by atoms with E-state index in [1.54, 1.807) is 6.07 Å². The van der Waals surface area contributed by atoms with Crippen LogP contribution in [0.1, 0.15) is 57.5 Å². The van der Waals surface area contributed by atoms with Crippen LogP contribution in [0, 0.1) is 6.92 Å². The van der Waals surface area contributed by atoms with Crippen LogP contribution >= 0.6 is 0 Å². The summed E-state index contributed by atoms with van der Waals surface area (Å²) in [6.45, 7) is 8.35. The second-order valence-corrected chi connectivity index (χ2v) is 7.78. The lowest BCUT2D eigenvalue weighted by atomic mass is 9.76. The van der Waals surface area contributed by atoms with Gasteiger partial charge in [-0.1, -0.05) is 6.92 Å². The first kappa shape index (κ1) is 17.1. The Morgan fingerprint density at radius 1 is 1.21 bits per heavy atom. The number of amides is 1. The third-order valence-electron chi connectivity index (χ3n) is 5.72. The molecule has 2 saturated heterocycles. The highest BCUT2D eigenvalue weighted by Crippen LogP contribution is 2.34. The van der Waals surface area contributed by atoms with Gasteiger partial charge in [0.1, 0.15) is 5.82 Å². The average Bonchev–Trinajstić information content (AvgIpc) is 2.55. The van der Waals surface area contributed by atoms with E-state index in [2.05, 4.69) is 22.2 Å². The van der Waals surface area contributed by atoms with Gasteiger partial charge >= 0.3 is 0 Å². The van der Waals surface area contributed by atoms with Crippen LogP contribution in [0.15, 0.2) is 10.9 Å². The highest BCUT2D eigenvalue weighted by atomic mass is 16.2. The fraction of sp³-hybridized carbons (Fsp3) is 0.722. The second-order valence-electron chi connectivity index (χ2n) is 7.78. The van der Waals surface area contributed by atoms with Gasteiger partial charge in [0.2, 0.25) is 5.91 Å². The van der Waals surface area contributed by atoms with E-state index in [-0.39, 0.29) is 16.9 Å². The standard InChI is InChI=1S/C18H28N4O2/c1-13-20-14(12-15(23)21-13)17(2)7-10-22(11-8-17)16(24)18(3)6-4-5-9-19-18/h12,19H,4-11H2,1-3H3,(H,20,21,23)/t18-/m1/s1. The maximum Gasteiger partial charge on any atom is 0.251 e. The number of carbonyl (C=O) groups excluding carboxylic acids is 1. The Bertz CT molecular complexity index is 668. The predicted molar refractivity (Wildman–Crippen MR) is 93.0 cm³/mol. The SMILES string of the molecule is Cc1nc(C2(C)CCN(C(=O)[C@@]3(C)CCCCN3)CC2)cc(=O)[nH]1. The molecule has 2 fully saturated rings. The summed E-state index contributed by atoms with van der Waals surface area (Å²) in [5.74, 6) is 0.871. The molecule has 0 spiro atoms. The Balaban J connectivity index is 1.70. The Morgan fingerprint density at radius 3 is 2.50 bits per heavy atom. The molecule has 0 unspecified atom stereocenters. The van der Waals surface area contributed by atoms with Gasteiger partial charge < -0.3 is 15.2 Å². The zero-order valence-electron chi connectivity index (χ0n) is 14.9. The second kappa shape index (κ2) is 6.31. The smallest absolute Gasteiger partial charge is 0.251 e. The van der Waals surface area contributed by atoms with Crippen molar-refractivity contribution in [3.63, 3.8) is 0 Å². The molecule has 2 aliphatic heterocycles. The van der Waals surface area contributed by atoms with Crippen molar-refractivity contribution in [3.8, 4) is 0 Å². The Hall–Kier alpha value is -1.69. The Morgan fingerprint density at radius 2 is 1.92 bits per heavy atom. The fourth-order valence-electron chi connectivity index (χ4n) is 3.94. The van der Waals surface area contributed by atoms with Crippen molar-refractivity contribution in [2.75, 3.05) is 19.6 Å². The number of nitrogens with one attached hydrogen (secondary N) is 2. The molecule has 0 radical (unpaired) electrons. The summed E-state index contributed by atoms with van der Waals surface area (Å²) in [4.78, 5) is 33.9. The van der Waals surface area contributed by atoms with Gasteiger partial charge in [-0.25, -0.2) is 4.98 Å². The third-order valence-corrected chi connectivity index (χ3v) is 5.72. The van der Waals surface area contributed by atoms with Crippen LogP contribution in [-0.2, 0) is 10.2 Å². The molecule has 0 aromatic carbocycles. The van der Waals surface area contributed by atoms with Crippen molar-refractivity contribution in [1.29, 1.82) is 0 Å². The summed E-state index contributed by atoms with van der Waals surface area (Å²) < 4.78 is 0. The van der Waals surface area contributed by atoms with Crippen LogP contribution in [0.3, 0.4) is 0 Å². The van der Waals surface area contributed by atoms with E-state index < -0.39 is 5.54 Å². The summed E-state index contributed by atoms with van der Waals surface area (Å²) in [7, 11) is 0. The molecule has 1 aromatic heterocycles. The molecule has 1 atom stereocenters. The minimum Gasteiger partial charge on any atom is -0.341 e. The van der Waals surface area contributed by atoms with Crippen molar-refractivity contribution in [3.05, 3.63) is 27.9 Å². The van der Waals surface area contributed by atoms with E-state index in [9.17, 15) is 9.59 Å². The third kappa shape index (κ3) is 3.24. The maximum atomic E-state index is 12.9. The summed E-state index contributed by atoms with van der Waals surface area (Å²) in [5.41, 5.74) is 0.190. The maximum absolute atomic E-state index is 12.9. The quantitative estimate of drug-likeness (QED) is 0.860. The number of rotatable bonds is 2. The molecule has 1 aromatic rings. The summed E-state index contributed by atoms with van der Waals surface area (Å²) in [6, 6.07) is 1.61. The van der Waals surface area contributed by atoms with Crippen molar-refractivity contribution in [1.82, 2.24) is 20.2 Å². The van der Waals surface area contributed by atoms with Crippen LogP contribution in [-0.4, -0.2) is 45.9 Å². The minimum atomic E-state index is -0.412. The van der Waals surface area contributed by atoms with Gasteiger partial charge in [0.05, 0.1) is 11.2 Å². The van der Waals surface area contributed by atoms with Crippen molar-refractivity contribution in [2.45, 2.75) is 63.8 Å². The van der Waals surface area contributed by atoms with Crippen molar-refractivity contribution in [2.24, 2.45) is 0 Å². The van der Waals surface area contributed by atoms with Crippen LogP contribution in [0.2, 0.25) is 0 Å². The Kier molecular flexibility index (Phi) is 4.51. The normalized spacial score (nSPS) is 27.0. The molecule has 6 nitrogen and oxygen atoms in total. The number of aromatic amines is 1. The number of hydrogen-bond acceptors (Lipinski definition) is 4. The molecular formula is C18H28N4O2. The van der Waals surface area contributed by atoms with Gasteiger partial charge in [0.25, 0.3) is 5.56 Å². The first-order valence-electron chi connectivity index (χ1n) is 8.95. The largest absolute Gasteiger partial charge is 0.341 e. The highest BCUT2D eigenvalue weighted by molar-refractivity contribution is 5.86. The Labute approximate surface area is 143 Å². The molecule has 3 rings (SSSR count). The van der Waals surface area contributed by atoms with E-state index >= 15 is 0 Å². The number of carbonyl (C=O) groups is 1. The van der Waals surface area contributed by atoms with E-state index in [4.69, 9.17) is 0 Å². The molecule has 1 amide bonds. The van der Waals surface area contributed by atoms with Gasteiger partial charge in [-0.3, -0.25) is 9.59 Å². The molecular weight excluding hydrogens is 304 g/mol. The molecule has 2 aliphatic rings. The molecule has 132 valence electrons. The van der Waals surface area contributed by atoms with Crippen LogP contribution in [0.25, 0.3) is 0 Å². The zero-order chi connectivity index (χ0) is 17.4. The molecule has 6 heteroatoms. The fourth-order valence-corrected chi connectivity index (χ4v) is 3.94. The van der Waals surface area contributed by atoms with Gasteiger partial charge in [-0.15, -0.1) is 0 Å². The summed E-state index contributed by atoms with van der Waals surface area (Å²) >= 11 is 0. The number of hydrogen-bond donors (Lipinski definition) is 2. The number of nitrogens with zero attached hydrogens (tertiary/aromatic N) is 2. The first-order valence-corrected chi connectivity index (χ1v) is 8.95. The lowest BCUT2D eigenvalue weighted by Gasteiger charge is -2.43. The molecule has 0 aliphatic carbocycles. The topological polar surface area (TPSA) is 78.1 Å². The summed E-state index contributed by atoms with van der Waals surface area (Å²) in [5, 5.41) is 3.41. The van der Waals surface area contributed by atoms with Gasteiger partial charge in [0.15, 0.2) is 0 Å². The molecule has 0 saturated carbocycles. The highest BCUT2D eigenvalue weighted by Gasteiger charge is 2.41. The molecule has 24 heavy (non-hydrogen) atoms. The van der Waals surface area contributed by atoms with E-state index in [0.29, 0.717) is 5.82 Å². The monoisotopic (exact) mass is 332 g/mol.